The van der Waals surface area contributed by atoms with Crippen molar-refractivity contribution in [3.05, 3.63) is 30.2 Å². The fourth-order valence-corrected chi connectivity index (χ4v) is 3.25. The Morgan fingerprint density at radius 1 is 1.30 bits per heavy atom. The summed E-state index contributed by atoms with van der Waals surface area (Å²) in [4.78, 5) is 27.3. The average molecular weight is 373 g/mol. The summed E-state index contributed by atoms with van der Waals surface area (Å²) in [5, 5.41) is 15.9. The highest BCUT2D eigenvalue weighted by Crippen LogP contribution is 2.25. The summed E-state index contributed by atoms with van der Waals surface area (Å²) in [5.41, 5.74) is 0.831. The Morgan fingerprint density at radius 2 is 2.07 bits per heavy atom. The lowest BCUT2D eigenvalue weighted by Gasteiger charge is -2.11. The standard InChI is InChI=1S/C19H23N3O5/c1-26-15-9-6-12(7-10-15)18-21-17(27-22-18)4-2-3-16(23)20-14-8-5-13(11-14)19(24)25/h6-7,9-10,13-14H,2-5,8,11H2,1H3,(H,20,23)(H,24,25)/t13-,14+/m0/s1. The van der Waals surface area contributed by atoms with Gasteiger partial charge in [0, 0.05) is 24.4 Å². The minimum atomic E-state index is -0.782. The molecule has 2 N–H and O–H groups in total. The highest BCUT2D eigenvalue weighted by Gasteiger charge is 2.30. The van der Waals surface area contributed by atoms with Crippen LogP contribution < -0.4 is 10.1 Å². The smallest absolute Gasteiger partial charge is 0.306 e. The summed E-state index contributed by atoms with van der Waals surface area (Å²) in [7, 11) is 1.61. The number of methoxy groups -OCH3 is 1. The van der Waals surface area contributed by atoms with Crippen LogP contribution in [-0.4, -0.2) is 40.3 Å². The number of aromatic nitrogens is 2. The number of amides is 1. The van der Waals surface area contributed by atoms with Crippen molar-refractivity contribution in [2.24, 2.45) is 5.92 Å². The number of aliphatic carboxylic acids is 1. The Hall–Kier alpha value is -2.90. The molecule has 1 aromatic carbocycles. The van der Waals surface area contributed by atoms with Gasteiger partial charge in [-0.15, -0.1) is 0 Å². The van der Waals surface area contributed by atoms with E-state index in [1.54, 1.807) is 7.11 Å². The maximum absolute atomic E-state index is 12.0. The number of ether oxygens (including phenoxy) is 1. The van der Waals surface area contributed by atoms with E-state index < -0.39 is 5.97 Å². The number of rotatable bonds is 8. The molecule has 1 heterocycles. The van der Waals surface area contributed by atoms with Crippen LogP contribution in [0.3, 0.4) is 0 Å². The molecule has 0 radical (unpaired) electrons. The van der Waals surface area contributed by atoms with Gasteiger partial charge in [-0.05, 0) is 49.9 Å². The van der Waals surface area contributed by atoms with Gasteiger partial charge in [-0.25, -0.2) is 0 Å². The largest absolute Gasteiger partial charge is 0.497 e. The van der Waals surface area contributed by atoms with Crippen molar-refractivity contribution in [3.63, 3.8) is 0 Å². The van der Waals surface area contributed by atoms with E-state index in [0.717, 1.165) is 17.7 Å². The lowest BCUT2D eigenvalue weighted by Crippen LogP contribution is -2.33. The molecule has 0 spiro atoms. The highest BCUT2D eigenvalue weighted by molar-refractivity contribution is 5.76. The molecule has 27 heavy (non-hydrogen) atoms. The van der Waals surface area contributed by atoms with Gasteiger partial charge in [0.1, 0.15) is 5.75 Å². The van der Waals surface area contributed by atoms with E-state index in [1.807, 2.05) is 24.3 Å². The first kappa shape index (κ1) is 18.9. The Bertz CT molecular complexity index is 787. The number of benzene rings is 1. The maximum Gasteiger partial charge on any atom is 0.306 e. The van der Waals surface area contributed by atoms with Crippen molar-refractivity contribution < 1.29 is 24.0 Å². The molecule has 1 aliphatic carbocycles. The Kier molecular flexibility index (Phi) is 6.05. The van der Waals surface area contributed by atoms with Crippen molar-refractivity contribution in [1.29, 1.82) is 0 Å². The number of hydrogen-bond donors (Lipinski definition) is 2. The van der Waals surface area contributed by atoms with E-state index in [0.29, 0.717) is 43.8 Å². The first-order valence-electron chi connectivity index (χ1n) is 9.04. The molecule has 0 aliphatic heterocycles. The predicted molar refractivity (Wildman–Crippen MR) is 96.1 cm³/mol. The Morgan fingerprint density at radius 3 is 2.74 bits per heavy atom. The fourth-order valence-electron chi connectivity index (χ4n) is 3.25. The van der Waals surface area contributed by atoms with E-state index in [9.17, 15) is 9.59 Å². The van der Waals surface area contributed by atoms with E-state index >= 15 is 0 Å². The van der Waals surface area contributed by atoms with Gasteiger partial charge in [0.2, 0.25) is 17.6 Å². The van der Waals surface area contributed by atoms with E-state index in [4.69, 9.17) is 14.4 Å². The second-order valence-corrected chi connectivity index (χ2v) is 6.71. The van der Waals surface area contributed by atoms with E-state index in [1.165, 1.54) is 0 Å². The van der Waals surface area contributed by atoms with E-state index in [2.05, 4.69) is 15.5 Å². The SMILES string of the molecule is COc1ccc(-c2noc(CCCC(=O)N[C@@H]3CC[C@H](C(=O)O)C3)n2)cc1. The summed E-state index contributed by atoms with van der Waals surface area (Å²) < 4.78 is 10.4. The third kappa shape index (κ3) is 5.06. The van der Waals surface area contributed by atoms with Gasteiger partial charge < -0.3 is 19.7 Å². The molecule has 1 aliphatic rings. The van der Waals surface area contributed by atoms with Crippen LogP contribution in [0.2, 0.25) is 0 Å². The molecule has 1 aromatic heterocycles. The zero-order valence-corrected chi connectivity index (χ0v) is 15.2. The monoisotopic (exact) mass is 373 g/mol. The Labute approximate surface area is 156 Å². The van der Waals surface area contributed by atoms with Crippen molar-refractivity contribution in [2.75, 3.05) is 7.11 Å². The highest BCUT2D eigenvalue weighted by atomic mass is 16.5. The molecule has 8 heteroatoms. The second kappa shape index (κ2) is 8.66. The molecule has 3 rings (SSSR count). The quantitative estimate of drug-likeness (QED) is 0.730. The number of carbonyl (C=O) groups excluding carboxylic acids is 1. The lowest BCUT2D eigenvalue weighted by molar-refractivity contribution is -0.141. The van der Waals surface area contributed by atoms with Crippen molar-refractivity contribution in [3.8, 4) is 17.1 Å². The third-order valence-corrected chi connectivity index (χ3v) is 4.76. The minimum absolute atomic E-state index is 0.0383. The maximum atomic E-state index is 12.0. The number of nitrogens with zero attached hydrogens (tertiary/aromatic N) is 2. The fraction of sp³-hybridized carbons (Fsp3) is 0.474. The molecule has 0 bridgehead atoms. The number of nitrogens with one attached hydrogen (secondary N) is 1. The van der Waals surface area contributed by atoms with Gasteiger partial charge >= 0.3 is 5.97 Å². The summed E-state index contributed by atoms with van der Waals surface area (Å²) in [6, 6.07) is 7.32. The van der Waals surface area contributed by atoms with E-state index in [-0.39, 0.29) is 17.9 Å². The minimum Gasteiger partial charge on any atom is -0.497 e. The van der Waals surface area contributed by atoms with Crippen LogP contribution in [0.4, 0.5) is 0 Å². The molecule has 0 unspecified atom stereocenters. The molecule has 8 nitrogen and oxygen atoms in total. The van der Waals surface area contributed by atoms with Gasteiger partial charge in [-0.2, -0.15) is 4.98 Å². The topological polar surface area (TPSA) is 115 Å². The van der Waals surface area contributed by atoms with Gasteiger partial charge in [0.15, 0.2) is 0 Å². The van der Waals surface area contributed by atoms with Crippen LogP contribution in [0.1, 0.15) is 38.0 Å². The lowest BCUT2D eigenvalue weighted by atomic mass is 10.1. The predicted octanol–water partition coefficient (Wildman–Crippen LogP) is 2.44. The van der Waals surface area contributed by atoms with Crippen LogP contribution in [0.15, 0.2) is 28.8 Å². The van der Waals surface area contributed by atoms with Gasteiger partial charge in [-0.1, -0.05) is 5.16 Å². The zero-order valence-electron chi connectivity index (χ0n) is 15.2. The second-order valence-electron chi connectivity index (χ2n) is 6.71. The molecule has 0 saturated heterocycles. The average Bonchev–Trinajstić information content (AvgIpc) is 3.31. The van der Waals surface area contributed by atoms with Crippen LogP contribution in [0.25, 0.3) is 11.4 Å². The molecule has 1 saturated carbocycles. The molecule has 2 atom stereocenters. The Balaban J connectivity index is 1.42. The number of carbonyl (C=O) groups is 2. The number of aryl methyl sites for hydroxylation is 1. The van der Waals surface area contributed by atoms with Gasteiger partial charge in [0.25, 0.3) is 0 Å². The summed E-state index contributed by atoms with van der Waals surface area (Å²) in [6.45, 7) is 0. The summed E-state index contributed by atoms with van der Waals surface area (Å²) in [5.74, 6) is 0.551. The summed E-state index contributed by atoms with van der Waals surface area (Å²) in [6.07, 6.45) is 3.29. The number of carboxylic acids is 1. The van der Waals surface area contributed by atoms with Crippen molar-refractivity contribution in [2.45, 2.75) is 44.6 Å². The van der Waals surface area contributed by atoms with Crippen LogP contribution in [-0.2, 0) is 16.0 Å². The van der Waals surface area contributed by atoms with Gasteiger partial charge in [-0.3, -0.25) is 9.59 Å². The number of hydrogen-bond acceptors (Lipinski definition) is 6. The van der Waals surface area contributed by atoms with Gasteiger partial charge in [0.05, 0.1) is 13.0 Å². The first-order valence-corrected chi connectivity index (χ1v) is 9.04. The van der Waals surface area contributed by atoms with Crippen molar-refractivity contribution in [1.82, 2.24) is 15.5 Å². The zero-order chi connectivity index (χ0) is 19.2. The first-order chi connectivity index (χ1) is 13.0. The normalized spacial score (nSPS) is 19.0. The molecular formula is C19H23N3O5. The molecule has 1 fully saturated rings. The van der Waals surface area contributed by atoms with Crippen molar-refractivity contribution >= 4 is 11.9 Å². The third-order valence-electron chi connectivity index (χ3n) is 4.76. The molecule has 1 amide bonds. The molecule has 2 aromatic rings. The van der Waals surface area contributed by atoms with Crippen LogP contribution in [0, 0.1) is 5.92 Å². The van der Waals surface area contributed by atoms with Crippen LogP contribution >= 0.6 is 0 Å². The van der Waals surface area contributed by atoms with Crippen LogP contribution in [0.5, 0.6) is 5.75 Å². The number of carboxylic acid groups (broad SMARTS) is 1. The summed E-state index contributed by atoms with van der Waals surface area (Å²) >= 11 is 0. The molecule has 144 valence electrons. The molecular weight excluding hydrogens is 350 g/mol.